The molecule has 0 aromatic carbocycles. The van der Waals surface area contributed by atoms with E-state index in [2.05, 4.69) is 48.3 Å². The zero-order valence-corrected chi connectivity index (χ0v) is 27.4. The van der Waals surface area contributed by atoms with E-state index in [9.17, 15) is 13.8 Å². The standard InChI is InChI=1S/C6H10N2O2.2C6H10N2OS.C5H10N2O2S/c2*1-6(2,3)4-7-5(9)10-8-4;1-6(2,3)4-7-5(10)9-8-4;1-5(2,3)4-6-9-10(8)7-4/h2*1-3H3,(H,7,8,9);1-3H3,(H,7,8,10);1-3H3,(H,6,7). The molecule has 14 nitrogen and oxygen atoms in total. The molecule has 0 fully saturated rings. The third kappa shape index (κ3) is 12.6. The van der Waals surface area contributed by atoms with Gasteiger partial charge in [-0.1, -0.05) is 88.2 Å². The highest BCUT2D eigenvalue weighted by Gasteiger charge is 2.25. The van der Waals surface area contributed by atoms with Crippen LogP contribution in [0.2, 0.25) is 0 Å². The molecule has 0 saturated carbocycles. The van der Waals surface area contributed by atoms with E-state index in [1.165, 1.54) is 0 Å². The lowest BCUT2D eigenvalue weighted by Crippen LogP contribution is -2.30. The summed E-state index contributed by atoms with van der Waals surface area (Å²) in [5, 5.41) is 6.20. The first-order chi connectivity index (χ1) is 18.0. The van der Waals surface area contributed by atoms with Crippen LogP contribution in [-0.4, -0.2) is 39.7 Å². The van der Waals surface area contributed by atoms with E-state index >= 15 is 0 Å². The summed E-state index contributed by atoms with van der Waals surface area (Å²) in [7, 11) is 0. The zero-order valence-electron chi connectivity index (χ0n) is 25.0. The number of hydrogen-bond donors (Lipinski definition) is 4. The normalized spacial score (nSPS) is 15.4. The Bertz CT molecular complexity index is 1290. The molecule has 40 heavy (non-hydrogen) atoms. The molecule has 1 unspecified atom stereocenters. The fraction of sp³-hybridized carbons (Fsp3) is 0.696. The Kier molecular flexibility index (Phi) is 12.1. The van der Waals surface area contributed by atoms with E-state index in [1.807, 2.05) is 83.1 Å². The zero-order chi connectivity index (χ0) is 31.1. The smallest absolute Gasteiger partial charge is 0.348 e. The van der Waals surface area contributed by atoms with Gasteiger partial charge in [0.05, 0.1) is 0 Å². The molecule has 0 amide bonds. The van der Waals surface area contributed by atoms with Gasteiger partial charge in [-0.2, -0.15) is 13.6 Å². The van der Waals surface area contributed by atoms with Gasteiger partial charge in [0.25, 0.3) is 0 Å². The topological polar surface area (TPSA) is 197 Å². The average Bonchev–Trinajstić information content (AvgIpc) is 3.55. The van der Waals surface area contributed by atoms with E-state index in [-0.39, 0.29) is 31.4 Å². The Balaban J connectivity index is 0.000000267. The van der Waals surface area contributed by atoms with Crippen molar-refractivity contribution >= 4 is 40.9 Å². The van der Waals surface area contributed by atoms with E-state index in [0.29, 0.717) is 11.7 Å². The third-order valence-electron chi connectivity index (χ3n) is 4.54. The quantitative estimate of drug-likeness (QED) is 0.260. The van der Waals surface area contributed by atoms with Crippen molar-refractivity contribution in [3.63, 3.8) is 0 Å². The number of amidine groups is 1. The summed E-state index contributed by atoms with van der Waals surface area (Å²) in [6.45, 7) is 23.9. The summed E-state index contributed by atoms with van der Waals surface area (Å²) < 4.78 is 31.8. The van der Waals surface area contributed by atoms with E-state index in [4.69, 9.17) is 16.7 Å². The van der Waals surface area contributed by atoms with Crippen LogP contribution in [-0.2, 0) is 31.8 Å². The molecule has 4 N–H and O–H groups in total. The summed E-state index contributed by atoms with van der Waals surface area (Å²) >= 11 is 4.14. The second-order valence-electron chi connectivity index (χ2n) is 12.7. The molecule has 3 aromatic heterocycles. The Morgan fingerprint density at radius 2 is 1.35 bits per heavy atom. The molecule has 0 radical (unpaired) electrons. The van der Waals surface area contributed by atoms with Gasteiger partial charge in [0.15, 0.2) is 5.82 Å². The number of aromatic nitrogens is 6. The lowest BCUT2D eigenvalue weighted by atomic mass is 9.96. The molecule has 0 aliphatic carbocycles. The van der Waals surface area contributed by atoms with E-state index in [1.54, 1.807) is 0 Å². The minimum absolute atomic E-state index is 0.0133. The van der Waals surface area contributed by atoms with Crippen LogP contribution in [0.3, 0.4) is 0 Å². The van der Waals surface area contributed by atoms with Crippen LogP contribution >= 0.6 is 23.8 Å². The highest BCUT2D eigenvalue weighted by Crippen LogP contribution is 2.19. The largest absolute Gasteiger partial charge is 0.438 e. The van der Waals surface area contributed by atoms with Crippen LogP contribution in [0, 0.1) is 10.3 Å². The summed E-state index contributed by atoms with van der Waals surface area (Å²) in [5.41, 5.74) is 2.17. The Morgan fingerprint density at radius 3 is 1.55 bits per heavy atom. The number of hydrogen-bond acceptors (Lipinski definition) is 12. The maximum absolute atomic E-state index is 10.6. The van der Waals surface area contributed by atoms with Crippen LogP contribution in [0.5, 0.6) is 0 Å². The van der Waals surface area contributed by atoms with Crippen LogP contribution in [0.1, 0.15) is 101 Å². The van der Waals surface area contributed by atoms with Crippen molar-refractivity contribution in [2.24, 2.45) is 9.81 Å². The van der Waals surface area contributed by atoms with Crippen molar-refractivity contribution in [2.75, 3.05) is 0 Å². The van der Waals surface area contributed by atoms with Gasteiger partial charge in [-0.25, -0.2) is 19.6 Å². The fourth-order valence-corrected chi connectivity index (χ4v) is 3.55. The molecule has 0 bridgehead atoms. The van der Waals surface area contributed by atoms with E-state index in [0.717, 1.165) is 23.2 Å². The number of aromatic amines is 3. The van der Waals surface area contributed by atoms with Gasteiger partial charge in [-0.15, -0.1) is 4.40 Å². The number of H-pyrrole nitrogens is 3. The number of nitrogens with zero attached hydrogens (tertiary/aromatic N) is 4. The highest BCUT2D eigenvalue weighted by molar-refractivity contribution is 7.79. The molecule has 17 heteroatoms. The van der Waals surface area contributed by atoms with E-state index < -0.39 is 17.0 Å². The van der Waals surface area contributed by atoms with Gasteiger partial charge in [0, 0.05) is 33.2 Å². The summed E-state index contributed by atoms with van der Waals surface area (Å²) in [5.74, 6) is 2.27. The van der Waals surface area contributed by atoms with Gasteiger partial charge in [-0.05, 0) is 12.2 Å². The van der Waals surface area contributed by atoms with Gasteiger partial charge in [0.2, 0.25) is 0 Å². The molecule has 1 aliphatic rings. The molecule has 226 valence electrons. The van der Waals surface area contributed by atoms with Crippen LogP contribution < -0.4 is 16.1 Å². The highest BCUT2D eigenvalue weighted by atomic mass is 32.2. The second-order valence-corrected chi connectivity index (χ2v) is 14.5. The molecular formula is C23H40N8O6S3. The van der Waals surface area contributed by atoms with Crippen LogP contribution in [0.15, 0.2) is 23.0 Å². The fourth-order valence-electron chi connectivity index (χ4n) is 2.13. The second kappa shape index (κ2) is 13.7. The minimum Gasteiger partial charge on any atom is -0.348 e. The van der Waals surface area contributed by atoms with Gasteiger partial charge in [0.1, 0.15) is 17.5 Å². The summed E-state index contributed by atoms with van der Waals surface area (Å²) in [4.78, 5) is 30.4. The van der Waals surface area contributed by atoms with Crippen molar-refractivity contribution in [3.8, 4) is 0 Å². The Labute approximate surface area is 244 Å². The van der Waals surface area contributed by atoms with Crippen molar-refractivity contribution < 1.29 is 17.5 Å². The first kappa shape index (κ1) is 35.3. The van der Waals surface area contributed by atoms with Gasteiger partial charge < -0.3 is 4.52 Å². The number of hydroxylamine groups is 1. The van der Waals surface area contributed by atoms with Crippen LogP contribution in [0.25, 0.3) is 0 Å². The lowest BCUT2D eigenvalue weighted by Gasteiger charge is -2.15. The van der Waals surface area contributed by atoms with Crippen molar-refractivity contribution in [3.05, 3.63) is 42.5 Å². The maximum atomic E-state index is 10.6. The summed E-state index contributed by atoms with van der Waals surface area (Å²) in [6, 6.07) is 0. The molecule has 4 heterocycles. The molecule has 4 rings (SSSR count). The van der Waals surface area contributed by atoms with Gasteiger partial charge in [-0.3, -0.25) is 19.3 Å². The minimum atomic E-state index is -1.52. The maximum Gasteiger partial charge on any atom is 0.438 e. The van der Waals surface area contributed by atoms with Crippen molar-refractivity contribution in [2.45, 2.75) is 99.3 Å². The molecule has 1 atom stereocenters. The first-order valence-electron chi connectivity index (χ1n) is 12.1. The molecule has 0 saturated heterocycles. The summed E-state index contributed by atoms with van der Waals surface area (Å²) in [6.07, 6.45) is 0. The monoisotopic (exact) mass is 620 g/mol. The Morgan fingerprint density at radius 1 is 0.800 bits per heavy atom. The van der Waals surface area contributed by atoms with Crippen molar-refractivity contribution in [1.29, 1.82) is 0 Å². The first-order valence-corrected chi connectivity index (χ1v) is 14.3. The van der Waals surface area contributed by atoms with Crippen LogP contribution in [0.4, 0.5) is 0 Å². The van der Waals surface area contributed by atoms with Crippen molar-refractivity contribution in [1.82, 2.24) is 35.1 Å². The molecule has 0 spiro atoms. The number of rotatable bonds is 0. The van der Waals surface area contributed by atoms with Gasteiger partial charge >= 0.3 is 26.7 Å². The third-order valence-corrected chi connectivity index (χ3v) is 5.81. The predicted molar refractivity (Wildman–Crippen MR) is 157 cm³/mol. The Hall–Kier alpha value is -2.76. The molecule has 1 aliphatic heterocycles. The molecule has 3 aromatic rings. The predicted octanol–water partition coefficient (Wildman–Crippen LogP) is 4.36. The number of nitrogens with one attached hydrogen (secondary N) is 4. The SMILES string of the molecule is CC(C)(C)C1=NS(=O)ON1.CC(C)(C)c1nc(=S)o[nH]1.CC(C)(C)c1noc(=O)[nH]1.CC(C)(C)c1nsc(=O)[nH]1. The lowest BCUT2D eigenvalue weighted by molar-refractivity contribution is 0.291. The molecular weight excluding hydrogens is 581 g/mol. The average molecular weight is 621 g/mol.